The molecular formula is C13H19N3S. The summed E-state index contributed by atoms with van der Waals surface area (Å²) < 4.78 is 0. The second-order valence-corrected chi connectivity index (χ2v) is 5.46. The van der Waals surface area contributed by atoms with Crippen LogP contribution in [-0.4, -0.2) is 15.5 Å². The molecule has 3 nitrogen and oxygen atoms in total. The lowest BCUT2D eigenvalue weighted by molar-refractivity contribution is 0.348. The third kappa shape index (κ3) is 3.16. The highest BCUT2D eigenvalue weighted by Gasteiger charge is 2.26. The van der Waals surface area contributed by atoms with Crippen LogP contribution in [0.5, 0.6) is 0 Å². The monoisotopic (exact) mass is 249 g/mol. The van der Waals surface area contributed by atoms with E-state index in [4.69, 9.17) is 18.0 Å². The highest BCUT2D eigenvalue weighted by atomic mass is 32.1. The van der Waals surface area contributed by atoms with Crippen LogP contribution in [0.1, 0.15) is 44.7 Å². The van der Waals surface area contributed by atoms with E-state index in [0.717, 1.165) is 5.82 Å². The fourth-order valence-electron chi connectivity index (χ4n) is 2.41. The summed E-state index contributed by atoms with van der Waals surface area (Å²) >= 11 is 4.94. The molecule has 92 valence electrons. The lowest BCUT2D eigenvalue weighted by atomic mass is 9.83. The minimum atomic E-state index is 0.167. The first kappa shape index (κ1) is 12.3. The first-order valence-corrected chi connectivity index (χ1v) is 6.55. The molecule has 4 heteroatoms. The largest absolute Gasteiger partial charge is 0.388 e. The number of hydrogen-bond acceptors (Lipinski definition) is 3. The molecule has 1 heterocycles. The molecule has 17 heavy (non-hydrogen) atoms. The number of hydrogen-bond donors (Lipinski definition) is 2. The number of nitrogens with zero attached hydrogens (tertiary/aromatic N) is 1. The predicted molar refractivity (Wildman–Crippen MR) is 75.2 cm³/mol. The SMILES string of the molecule is CC1(Nc2cccc(C(N)=S)n2)CCCCC1. The molecule has 2 rings (SSSR count). The molecular weight excluding hydrogens is 230 g/mol. The highest BCUT2D eigenvalue weighted by Crippen LogP contribution is 2.30. The van der Waals surface area contributed by atoms with Crippen molar-refractivity contribution in [1.82, 2.24) is 4.98 Å². The minimum absolute atomic E-state index is 0.167. The summed E-state index contributed by atoms with van der Waals surface area (Å²) in [5.74, 6) is 0.875. The van der Waals surface area contributed by atoms with Crippen LogP contribution in [0.15, 0.2) is 18.2 Å². The van der Waals surface area contributed by atoms with E-state index in [9.17, 15) is 0 Å². The number of pyridine rings is 1. The molecule has 0 amide bonds. The van der Waals surface area contributed by atoms with Crippen LogP contribution in [0.3, 0.4) is 0 Å². The number of nitrogens with two attached hydrogens (primary N) is 1. The standard InChI is InChI=1S/C13H19N3S/c1-13(8-3-2-4-9-13)16-11-7-5-6-10(15-11)12(14)17/h5-7H,2-4,8-9H2,1H3,(H2,14,17)(H,15,16). The van der Waals surface area contributed by atoms with Crippen molar-refractivity contribution in [3.8, 4) is 0 Å². The van der Waals surface area contributed by atoms with Gasteiger partial charge in [-0.2, -0.15) is 0 Å². The number of thiocarbonyl (C=S) groups is 1. The number of aromatic nitrogens is 1. The van der Waals surface area contributed by atoms with Gasteiger partial charge in [-0.25, -0.2) is 4.98 Å². The summed E-state index contributed by atoms with van der Waals surface area (Å²) in [5, 5.41) is 3.53. The molecule has 0 aliphatic heterocycles. The van der Waals surface area contributed by atoms with E-state index in [1.807, 2.05) is 18.2 Å². The minimum Gasteiger partial charge on any atom is -0.388 e. The molecule has 0 spiro atoms. The van der Waals surface area contributed by atoms with Gasteiger partial charge < -0.3 is 11.1 Å². The van der Waals surface area contributed by atoms with Crippen molar-refractivity contribution in [3.05, 3.63) is 23.9 Å². The first-order chi connectivity index (χ1) is 8.09. The summed E-state index contributed by atoms with van der Waals surface area (Å²) in [5.41, 5.74) is 6.44. The molecule has 1 aromatic heterocycles. The Morgan fingerprint density at radius 1 is 1.35 bits per heavy atom. The number of nitrogens with one attached hydrogen (secondary N) is 1. The second-order valence-electron chi connectivity index (χ2n) is 5.02. The Balaban J connectivity index is 2.12. The molecule has 1 aliphatic carbocycles. The zero-order valence-corrected chi connectivity index (χ0v) is 11.0. The van der Waals surface area contributed by atoms with Crippen molar-refractivity contribution in [3.63, 3.8) is 0 Å². The van der Waals surface area contributed by atoms with Gasteiger partial charge in [0.05, 0.1) is 5.69 Å². The van der Waals surface area contributed by atoms with Crippen molar-refractivity contribution in [2.75, 3.05) is 5.32 Å². The Hall–Kier alpha value is -1.16. The number of anilines is 1. The maximum Gasteiger partial charge on any atom is 0.127 e. The molecule has 3 N–H and O–H groups in total. The molecule has 0 saturated heterocycles. The smallest absolute Gasteiger partial charge is 0.127 e. The molecule has 0 bridgehead atoms. The van der Waals surface area contributed by atoms with Gasteiger partial charge in [-0.05, 0) is 31.9 Å². The van der Waals surface area contributed by atoms with Gasteiger partial charge in [-0.1, -0.05) is 37.5 Å². The summed E-state index contributed by atoms with van der Waals surface area (Å²) in [4.78, 5) is 4.78. The fourth-order valence-corrected chi connectivity index (χ4v) is 2.52. The molecule has 0 aromatic carbocycles. The Kier molecular flexibility index (Phi) is 3.62. The molecule has 0 unspecified atom stereocenters. The van der Waals surface area contributed by atoms with Crippen molar-refractivity contribution in [2.45, 2.75) is 44.6 Å². The summed E-state index contributed by atoms with van der Waals surface area (Å²) in [6, 6.07) is 5.76. The van der Waals surface area contributed by atoms with Gasteiger partial charge in [0, 0.05) is 5.54 Å². The van der Waals surface area contributed by atoms with Gasteiger partial charge in [-0.3, -0.25) is 0 Å². The maximum absolute atomic E-state index is 5.59. The van der Waals surface area contributed by atoms with Crippen LogP contribution in [0.4, 0.5) is 5.82 Å². The Bertz CT molecular complexity index is 411. The normalized spacial score (nSPS) is 18.6. The number of rotatable bonds is 3. The van der Waals surface area contributed by atoms with E-state index in [1.165, 1.54) is 32.1 Å². The average molecular weight is 249 g/mol. The van der Waals surface area contributed by atoms with Crippen LogP contribution >= 0.6 is 12.2 Å². The van der Waals surface area contributed by atoms with Crippen molar-refractivity contribution in [2.24, 2.45) is 5.73 Å². The van der Waals surface area contributed by atoms with E-state index in [-0.39, 0.29) is 5.54 Å². The van der Waals surface area contributed by atoms with Gasteiger partial charge >= 0.3 is 0 Å². The maximum atomic E-state index is 5.59. The molecule has 0 atom stereocenters. The van der Waals surface area contributed by atoms with E-state index in [1.54, 1.807) is 0 Å². The lowest BCUT2D eigenvalue weighted by Crippen LogP contribution is -2.37. The van der Waals surface area contributed by atoms with Crippen LogP contribution < -0.4 is 11.1 Å². The van der Waals surface area contributed by atoms with E-state index in [2.05, 4.69) is 17.2 Å². The summed E-state index contributed by atoms with van der Waals surface area (Å²) in [6.45, 7) is 2.27. The molecule has 1 aliphatic rings. The van der Waals surface area contributed by atoms with Crippen LogP contribution in [0.25, 0.3) is 0 Å². The summed E-state index contributed by atoms with van der Waals surface area (Å²) in [6.07, 6.45) is 6.33. The Morgan fingerprint density at radius 2 is 2.06 bits per heavy atom. The zero-order valence-electron chi connectivity index (χ0n) is 10.2. The van der Waals surface area contributed by atoms with Crippen LogP contribution in [-0.2, 0) is 0 Å². The lowest BCUT2D eigenvalue weighted by Gasteiger charge is -2.35. The van der Waals surface area contributed by atoms with Crippen molar-refractivity contribution in [1.29, 1.82) is 0 Å². The third-order valence-electron chi connectivity index (χ3n) is 3.39. The van der Waals surface area contributed by atoms with Crippen molar-refractivity contribution < 1.29 is 0 Å². The van der Waals surface area contributed by atoms with E-state index < -0.39 is 0 Å². The average Bonchev–Trinajstić information content (AvgIpc) is 2.29. The summed E-state index contributed by atoms with van der Waals surface area (Å²) in [7, 11) is 0. The quantitative estimate of drug-likeness (QED) is 0.809. The van der Waals surface area contributed by atoms with Gasteiger partial charge in [0.2, 0.25) is 0 Å². The predicted octanol–water partition coefficient (Wildman–Crippen LogP) is 2.85. The fraction of sp³-hybridized carbons (Fsp3) is 0.538. The zero-order chi connectivity index (χ0) is 12.3. The Labute approximate surface area is 108 Å². The van der Waals surface area contributed by atoms with E-state index in [0.29, 0.717) is 10.7 Å². The highest BCUT2D eigenvalue weighted by molar-refractivity contribution is 7.80. The van der Waals surface area contributed by atoms with Crippen LogP contribution in [0, 0.1) is 0 Å². The molecule has 1 saturated carbocycles. The van der Waals surface area contributed by atoms with Crippen molar-refractivity contribution >= 4 is 23.0 Å². The van der Waals surface area contributed by atoms with Gasteiger partial charge in [0.25, 0.3) is 0 Å². The van der Waals surface area contributed by atoms with Gasteiger partial charge in [-0.15, -0.1) is 0 Å². The topological polar surface area (TPSA) is 50.9 Å². The molecule has 0 radical (unpaired) electrons. The van der Waals surface area contributed by atoms with Gasteiger partial charge in [0.15, 0.2) is 0 Å². The third-order valence-corrected chi connectivity index (χ3v) is 3.60. The molecule has 1 aromatic rings. The second kappa shape index (κ2) is 5.00. The van der Waals surface area contributed by atoms with Crippen LogP contribution in [0.2, 0.25) is 0 Å². The first-order valence-electron chi connectivity index (χ1n) is 6.14. The molecule has 1 fully saturated rings. The Morgan fingerprint density at radius 3 is 2.71 bits per heavy atom. The van der Waals surface area contributed by atoms with Gasteiger partial charge in [0.1, 0.15) is 10.8 Å². The van der Waals surface area contributed by atoms with E-state index >= 15 is 0 Å².